The summed E-state index contributed by atoms with van der Waals surface area (Å²) in [7, 11) is -1.42. The molecule has 1 N–H and O–H groups in total. The number of hydrogen-bond acceptors (Lipinski definition) is 11. The second-order valence-electron chi connectivity index (χ2n) is 17.1. The molecule has 0 spiro atoms. The van der Waals surface area contributed by atoms with E-state index in [0.717, 1.165) is 6.04 Å². The minimum Gasteiger partial charge on any atom is -0.464 e. The average Bonchev–Trinajstić information content (AvgIpc) is 2.93. The molecule has 296 valence electrons. The van der Waals surface area contributed by atoms with Gasteiger partial charge >= 0.3 is 24.2 Å². The highest BCUT2D eigenvalue weighted by molar-refractivity contribution is 7.98. The van der Waals surface area contributed by atoms with Crippen molar-refractivity contribution in [3.63, 3.8) is 0 Å². The van der Waals surface area contributed by atoms with E-state index in [-0.39, 0.29) is 64.8 Å². The van der Waals surface area contributed by atoms with Crippen molar-refractivity contribution in [2.75, 3.05) is 77.5 Å². The molecule has 0 radical (unpaired) electrons. The first-order valence-electron chi connectivity index (χ1n) is 17.9. The van der Waals surface area contributed by atoms with Crippen molar-refractivity contribution < 1.29 is 42.9 Å². The third-order valence-electron chi connectivity index (χ3n) is 7.30. The van der Waals surface area contributed by atoms with E-state index < -0.39 is 55.2 Å². The van der Waals surface area contributed by atoms with Gasteiger partial charge in [-0.2, -0.15) is 11.8 Å². The quantitative estimate of drug-likeness (QED) is 0.180. The van der Waals surface area contributed by atoms with Crippen LogP contribution in [0.5, 0.6) is 0 Å². The van der Waals surface area contributed by atoms with Crippen LogP contribution in [0.2, 0.25) is 25.7 Å². The van der Waals surface area contributed by atoms with Gasteiger partial charge in [0.2, 0.25) is 5.91 Å². The Labute approximate surface area is 311 Å². The zero-order valence-corrected chi connectivity index (χ0v) is 35.5. The number of nitrogens with one attached hydrogen (secondary N) is 1. The van der Waals surface area contributed by atoms with Gasteiger partial charge in [0, 0.05) is 60.4 Å². The molecule has 0 aromatic carbocycles. The van der Waals surface area contributed by atoms with Crippen LogP contribution in [0.4, 0.5) is 14.4 Å². The number of ether oxygens (including phenoxy) is 4. The Morgan fingerprint density at radius 1 is 0.667 bits per heavy atom. The predicted octanol–water partition coefficient (Wildman–Crippen LogP) is 5.13. The van der Waals surface area contributed by atoms with Gasteiger partial charge in [0.15, 0.2) is 0 Å². The van der Waals surface area contributed by atoms with E-state index in [1.807, 2.05) is 11.2 Å². The van der Waals surface area contributed by atoms with Crippen LogP contribution in [0.25, 0.3) is 0 Å². The Hall–Kier alpha value is -2.72. The lowest BCUT2D eigenvalue weighted by Gasteiger charge is -2.35. The zero-order chi connectivity index (χ0) is 39.2. The van der Waals surface area contributed by atoms with Crippen molar-refractivity contribution in [1.82, 2.24) is 24.9 Å². The number of rotatable bonds is 10. The van der Waals surface area contributed by atoms with E-state index in [4.69, 9.17) is 18.9 Å². The number of carbonyl (C=O) groups is 5. The Balaban J connectivity index is 3.34. The highest BCUT2D eigenvalue weighted by Crippen LogP contribution is 2.15. The second kappa shape index (κ2) is 20.5. The number of carbonyl (C=O) groups excluding carboxylic acids is 5. The van der Waals surface area contributed by atoms with Gasteiger partial charge in [-0.15, -0.1) is 0 Å². The Bertz CT molecular complexity index is 1100. The number of thioether (sulfide) groups is 1. The summed E-state index contributed by atoms with van der Waals surface area (Å²) in [5.74, 6) is -0.168. The fraction of sp³-hybridized carbons (Fsp3) is 0.857. The lowest BCUT2D eigenvalue weighted by Crippen LogP contribution is -2.53. The first kappa shape index (κ1) is 46.3. The monoisotopic (exact) mass is 761 g/mol. The second-order valence-corrected chi connectivity index (χ2v) is 23.7. The molecule has 14 nitrogen and oxygen atoms in total. The van der Waals surface area contributed by atoms with Gasteiger partial charge in [-0.3, -0.25) is 9.69 Å². The van der Waals surface area contributed by atoms with Crippen LogP contribution >= 0.6 is 11.8 Å². The van der Waals surface area contributed by atoms with E-state index in [2.05, 4.69) is 25.0 Å². The standard InChI is InChI=1S/C35H67N5O9SSi/c1-33(2,3)47-30(43)38-17-15-37(26-28(41)36-27(14-24-50-10)29(42)46-23-25-51(11,12)13)16-18-39(31(44)48-34(4,5)6)20-22-40(21-19-38)32(45)49-35(7,8)9/h27H,14-26H2,1-13H3,(H,36,41). The lowest BCUT2D eigenvalue weighted by molar-refractivity contribution is -0.147. The summed E-state index contributed by atoms with van der Waals surface area (Å²) in [4.78, 5) is 72.9. The maximum atomic E-state index is 13.5. The van der Waals surface area contributed by atoms with Crippen molar-refractivity contribution in [1.29, 1.82) is 0 Å². The van der Waals surface area contributed by atoms with Crippen LogP contribution in [0.3, 0.4) is 0 Å². The molecule has 1 aliphatic rings. The van der Waals surface area contributed by atoms with Gasteiger partial charge in [0.05, 0.1) is 13.2 Å². The molecule has 1 aliphatic heterocycles. The molecule has 0 aromatic rings. The molecule has 0 aliphatic carbocycles. The van der Waals surface area contributed by atoms with Gasteiger partial charge in [-0.05, 0) is 86.8 Å². The molecule has 1 fully saturated rings. The van der Waals surface area contributed by atoms with E-state index in [9.17, 15) is 24.0 Å². The molecule has 1 saturated heterocycles. The first-order valence-corrected chi connectivity index (χ1v) is 23.0. The van der Waals surface area contributed by atoms with Crippen LogP contribution in [0.15, 0.2) is 0 Å². The van der Waals surface area contributed by atoms with E-state index >= 15 is 0 Å². The molecule has 0 bridgehead atoms. The van der Waals surface area contributed by atoms with Crippen LogP contribution in [0, 0.1) is 0 Å². The Kier molecular flexibility index (Phi) is 18.6. The Morgan fingerprint density at radius 2 is 1.04 bits per heavy atom. The number of esters is 1. The molecular weight excluding hydrogens is 695 g/mol. The largest absolute Gasteiger partial charge is 0.464 e. The van der Waals surface area contributed by atoms with Crippen molar-refractivity contribution in [3.05, 3.63) is 0 Å². The zero-order valence-electron chi connectivity index (χ0n) is 33.6. The number of nitrogens with zero attached hydrogens (tertiary/aromatic N) is 4. The summed E-state index contributed by atoms with van der Waals surface area (Å²) in [6.45, 7) is 24.2. The summed E-state index contributed by atoms with van der Waals surface area (Å²) < 4.78 is 22.6. The van der Waals surface area contributed by atoms with Crippen LogP contribution in [-0.4, -0.2) is 158 Å². The Morgan fingerprint density at radius 3 is 1.37 bits per heavy atom. The fourth-order valence-corrected chi connectivity index (χ4v) is 5.81. The highest BCUT2D eigenvalue weighted by atomic mass is 32.2. The van der Waals surface area contributed by atoms with E-state index in [1.165, 1.54) is 14.7 Å². The van der Waals surface area contributed by atoms with Crippen molar-refractivity contribution in [2.24, 2.45) is 0 Å². The minimum absolute atomic E-state index is 0.0910. The normalized spacial score (nSPS) is 16.7. The third-order valence-corrected chi connectivity index (χ3v) is 9.65. The van der Waals surface area contributed by atoms with Crippen LogP contribution in [-0.2, 0) is 28.5 Å². The van der Waals surface area contributed by atoms with Gasteiger partial charge < -0.3 is 39.0 Å². The molecule has 0 saturated carbocycles. The molecule has 1 atom stereocenters. The smallest absolute Gasteiger partial charge is 0.410 e. The number of hydrogen-bond donors (Lipinski definition) is 1. The van der Waals surface area contributed by atoms with Crippen molar-refractivity contribution >= 4 is 50.0 Å². The molecule has 16 heteroatoms. The average molecular weight is 762 g/mol. The summed E-state index contributed by atoms with van der Waals surface area (Å²) in [6, 6.07) is 0.0301. The summed E-state index contributed by atoms with van der Waals surface area (Å²) >= 11 is 1.58. The fourth-order valence-electron chi connectivity index (χ4n) is 4.63. The van der Waals surface area contributed by atoms with Crippen LogP contribution < -0.4 is 5.32 Å². The molecule has 4 amide bonds. The molecular formula is C35H67N5O9SSi. The van der Waals surface area contributed by atoms with Gasteiger partial charge in [0.1, 0.15) is 22.8 Å². The SMILES string of the molecule is CSCCC(NC(=O)CN1CCN(C(=O)OC(C)(C)C)CCN(C(=O)OC(C)(C)C)CCN(C(=O)OC(C)(C)C)CC1)C(=O)OCC[Si](C)(C)C. The molecule has 0 aromatic heterocycles. The molecule has 51 heavy (non-hydrogen) atoms. The van der Waals surface area contributed by atoms with Gasteiger partial charge in [0.25, 0.3) is 0 Å². The van der Waals surface area contributed by atoms with Crippen molar-refractivity contribution in [2.45, 2.75) is 117 Å². The van der Waals surface area contributed by atoms with Gasteiger partial charge in [-0.25, -0.2) is 19.2 Å². The van der Waals surface area contributed by atoms with Crippen molar-refractivity contribution in [3.8, 4) is 0 Å². The minimum atomic E-state index is -1.42. The molecule has 1 heterocycles. The van der Waals surface area contributed by atoms with Crippen LogP contribution in [0.1, 0.15) is 68.7 Å². The third kappa shape index (κ3) is 21.4. The molecule has 1 unspecified atom stereocenters. The highest BCUT2D eigenvalue weighted by Gasteiger charge is 2.31. The van der Waals surface area contributed by atoms with Gasteiger partial charge in [-0.1, -0.05) is 19.6 Å². The van der Waals surface area contributed by atoms with E-state index in [0.29, 0.717) is 18.8 Å². The summed E-state index contributed by atoms with van der Waals surface area (Å²) in [5, 5.41) is 2.87. The first-order chi connectivity index (χ1) is 23.3. The number of amides is 4. The maximum absolute atomic E-state index is 13.5. The topological polar surface area (TPSA) is 147 Å². The summed E-state index contributed by atoms with van der Waals surface area (Å²) in [5.41, 5.74) is -2.26. The predicted molar refractivity (Wildman–Crippen MR) is 204 cm³/mol. The summed E-state index contributed by atoms with van der Waals surface area (Å²) in [6.07, 6.45) is 0.682. The maximum Gasteiger partial charge on any atom is 0.410 e. The van der Waals surface area contributed by atoms with E-state index in [1.54, 1.807) is 74.1 Å². The lowest BCUT2D eigenvalue weighted by atomic mass is 10.2. The molecule has 1 rings (SSSR count).